The minimum absolute atomic E-state index is 0.0101. The summed E-state index contributed by atoms with van der Waals surface area (Å²) < 4.78 is 110. The van der Waals surface area contributed by atoms with Gasteiger partial charge in [-0.15, -0.1) is 24.0 Å². The van der Waals surface area contributed by atoms with Gasteiger partial charge in [-0.2, -0.15) is 30.4 Å². The summed E-state index contributed by atoms with van der Waals surface area (Å²) in [7, 11) is -13.9. The van der Waals surface area contributed by atoms with Crippen LogP contribution in [0.1, 0.15) is 0 Å². The molecule has 0 spiro atoms. The number of nitrogens with zero attached hydrogens (tertiary/aromatic N) is 4. The van der Waals surface area contributed by atoms with Gasteiger partial charge in [0.25, 0.3) is 30.4 Å². The summed E-state index contributed by atoms with van der Waals surface area (Å²) in [5.41, 5.74) is 0.833. The van der Waals surface area contributed by atoms with Gasteiger partial charge in [0, 0.05) is 37.8 Å². The van der Waals surface area contributed by atoms with E-state index >= 15 is 0 Å². The number of phenols is 1. The summed E-state index contributed by atoms with van der Waals surface area (Å²) in [4.78, 5) is -1.12. The lowest BCUT2D eigenvalue weighted by molar-refractivity contribution is -0.432. The Hall–Kier alpha value is -5.69. The van der Waals surface area contributed by atoms with E-state index < -0.39 is 45.9 Å². The van der Waals surface area contributed by atoms with E-state index in [-0.39, 0.29) is 64.4 Å². The molecule has 7 aromatic carbocycles. The summed E-state index contributed by atoms with van der Waals surface area (Å²) in [5.74, 6) is -0.446. The molecule has 0 aliphatic heterocycles. The van der Waals surface area contributed by atoms with E-state index in [9.17, 15) is 44.0 Å². The first kappa shape index (κ1) is 44.4. The van der Waals surface area contributed by atoms with Crippen molar-refractivity contribution in [2.24, 2.45) is 20.5 Å². The molecule has 0 heterocycles. The van der Waals surface area contributed by atoms with E-state index in [4.69, 9.17) is 10.5 Å². The first-order valence-corrected chi connectivity index (χ1v) is 22.6. The quantitative estimate of drug-likeness (QED) is 0.0165. The molecule has 0 aliphatic rings. The van der Waals surface area contributed by atoms with Crippen molar-refractivity contribution in [1.29, 1.82) is 0 Å². The van der Waals surface area contributed by atoms with Crippen LogP contribution in [0.15, 0.2) is 154 Å². The van der Waals surface area contributed by atoms with E-state index in [1.807, 2.05) is 0 Å². The molecule has 7 aromatic rings. The fraction of sp³-hybridized carbons (Fsp3) is 0. The van der Waals surface area contributed by atoms with Gasteiger partial charge in [-0.1, -0.05) is 34.3 Å². The van der Waals surface area contributed by atoms with Crippen LogP contribution in [-0.4, -0.2) is 54.5 Å². The first-order chi connectivity index (χ1) is 29.4. The fourth-order valence-electron chi connectivity index (χ4n) is 6.05. The third-order valence-electron chi connectivity index (χ3n) is 8.71. The van der Waals surface area contributed by atoms with Crippen LogP contribution in [0.25, 0.3) is 32.3 Å². The van der Waals surface area contributed by atoms with E-state index in [1.54, 1.807) is 18.2 Å². The number of hydrogen-bond donors (Lipinski definition) is 7. The molecular weight excluding hydrogens is 919 g/mol. The zero-order valence-electron chi connectivity index (χ0n) is 30.5. The van der Waals surface area contributed by atoms with Crippen molar-refractivity contribution in [2.45, 2.75) is 24.5 Å². The second kappa shape index (κ2) is 18.0. The Labute approximate surface area is 357 Å². The smallest absolute Gasteiger partial charge is 0.295 e. The van der Waals surface area contributed by atoms with Crippen LogP contribution in [0.2, 0.25) is 0 Å². The van der Waals surface area contributed by atoms with E-state index in [0.717, 1.165) is 18.2 Å². The highest BCUT2D eigenvalue weighted by molar-refractivity contribution is 7.95. The second-order valence-electron chi connectivity index (χ2n) is 12.6. The Kier molecular flexibility index (Phi) is 12.9. The lowest BCUT2D eigenvalue weighted by Gasteiger charge is -2.12. The predicted octanol–water partition coefficient (Wildman–Crippen LogP) is 10.0. The number of hydrogen-bond acceptors (Lipinski definition) is 20. The molecule has 0 amide bonds. The molecule has 0 saturated carbocycles. The highest BCUT2D eigenvalue weighted by atomic mass is 32.2. The maximum absolute atomic E-state index is 12.2. The van der Waals surface area contributed by atoms with Crippen LogP contribution >= 0.6 is 24.1 Å². The standard InChI is InChI=1S/C36H25N5O16S5/c42-36-29-16-22(37-21-2-1-3-25(15-21)60(45,46)47)5-4-19(29)14-33(59-57-55-44)35(36)41-40-32-11-10-31(28-9-7-26(18-30(28)32)61(48,49)50)39-38-23-6-8-27-20(12-23)13-24(58-56-54-43)17-34(27)62(51,52)53/h1-18,37,42-44H,(H,45,46,47)(H,48,49,50)(H,51,52,53). The molecule has 21 nitrogen and oxygen atoms in total. The normalized spacial score (nSPS) is 12.7. The SMILES string of the molecule is O=S(=O)(O)c1cccc(Nc2ccc3cc(SOOO)c(N=Nc4ccc(N=Nc5ccc6c(S(=O)(=O)O)cc(SOOO)cc6c5)c5ccc(S(=O)(=O)O)cc45)c(O)c3c2)c1. The van der Waals surface area contributed by atoms with Crippen molar-refractivity contribution in [2.75, 3.05) is 5.32 Å². The average molecular weight is 944 g/mol. The number of nitrogens with one attached hydrogen (secondary N) is 1. The lowest BCUT2D eigenvalue weighted by atomic mass is 10.1. The van der Waals surface area contributed by atoms with Crippen LogP contribution in [0, 0.1) is 0 Å². The molecule has 0 saturated heterocycles. The molecule has 0 aliphatic carbocycles. The molecule has 7 rings (SSSR count). The fourth-order valence-corrected chi connectivity index (χ4v) is 8.85. The van der Waals surface area contributed by atoms with Crippen molar-refractivity contribution >= 4 is 121 Å². The van der Waals surface area contributed by atoms with Gasteiger partial charge < -0.3 is 10.4 Å². The van der Waals surface area contributed by atoms with Gasteiger partial charge in [0.15, 0.2) is 5.75 Å². The molecule has 0 unspecified atom stereocenters. The van der Waals surface area contributed by atoms with Crippen molar-refractivity contribution in [1.82, 2.24) is 0 Å². The molecule has 0 radical (unpaired) electrons. The summed E-state index contributed by atoms with van der Waals surface area (Å²) >= 11 is 0.914. The van der Waals surface area contributed by atoms with Crippen LogP contribution < -0.4 is 5.32 Å². The van der Waals surface area contributed by atoms with Crippen molar-refractivity contribution in [3.8, 4) is 5.75 Å². The Balaban J connectivity index is 1.29. The van der Waals surface area contributed by atoms with Crippen molar-refractivity contribution in [3.63, 3.8) is 0 Å². The van der Waals surface area contributed by atoms with Crippen LogP contribution in [0.5, 0.6) is 5.75 Å². The molecule has 7 N–H and O–H groups in total. The minimum Gasteiger partial charge on any atom is -0.505 e. The number of azo groups is 2. The molecule has 0 atom stereocenters. The predicted molar refractivity (Wildman–Crippen MR) is 222 cm³/mol. The number of aromatic hydroxyl groups is 1. The highest BCUT2D eigenvalue weighted by Gasteiger charge is 2.20. The van der Waals surface area contributed by atoms with Crippen molar-refractivity contribution in [3.05, 3.63) is 109 Å². The Morgan fingerprint density at radius 3 is 1.90 bits per heavy atom. The number of benzene rings is 7. The van der Waals surface area contributed by atoms with Gasteiger partial charge in [0.2, 0.25) is 0 Å². The molecule has 26 heteroatoms. The molecule has 0 bridgehead atoms. The molecule has 0 aromatic heterocycles. The number of rotatable bonds is 15. The maximum atomic E-state index is 12.2. The molecule has 320 valence electrons. The summed E-state index contributed by atoms with van der Waals surface area (Å²) in [5, 5.41) is 57.7. The van der Waals surface area contributed by atoms with Crippen LogP contribution in [0.4, 0.5) is 34.1 Å². The van der Waals surface area contributed by atoms with Gasteiger partial charge in [-0.05, 0) is 95.7 Å². The zero-order chi connectivity index (χ0) is 44.4. The van der Waals surface area contributed by atoms with Gasteiger partial charge in [-0.25, -0.2) is 10.5 Å². The Bertz CT molecular complexity index is 3320. The second-order valence-corrected chi connectivity index (χ2v) is 18.3. The third-order valence-corrected chi connectivity index (χ3v) is 12.5. The lowest BCUT2D eigenvalue weighted by Crippen LogP contribution is -1.99. The Morgan fingerprint density at radius 1 is 0.532 bits per heavy atom. The number of phenolic OH excluding ortho intramolecular Hbond substituents is 1. The van der Waals surface area contributed by atoms with E-state index in [0.29, 0.717) is 40.8 Å². The Morgan fingerprint density at radius 2 is 1.19 bits per heavy atom. The molecule has 0 fully saturated rings. The van der Waals surface area contributed by atoms with Crippen LogP contribution in [0.3, 0.4) is 0 Å². The van der Waals surface area contributed by atoms with Gasteiger partial charge in [0.1, 0.15) is 10.6 Å². The summed E-state index contributed by atoms with van der Waals surface area (Å²) in [6, 6.07) is 24.8. The largest absolute Gasteiger partial charge is 0.505 e. The first-order valence-electron chi connectivity index (χ1n) is 16.8. The summed E-state index contributed by atoms with van der Waals surface area (Å²) in [6.07, 6.45) is 0. The number of fused-ring (bicyclic) bond motifs is 3. The number of anilines is 2. The van der Waals surface area contributed by atoms with E-state index in [1.165, 1.54) is 72.8 Å². The van der Waals surface area contributed by atoms with Gasteiger partial charge in [0.05, 0.1) is 55.8 Å². The third kappa shape index (κ3) is 9.99. The summed E-state index contributed by atoms with van der Waals surface area (Å²) in [6.45, 7) is 0. The minimum atomic E-state index is -4.74. The molecule has 62 heavy (non-hydrogen) atoms. The van der Waals surface area contributed by atoms with Gasteiger partial charge >= 0.3 is 0 Å². The average Bonchev–Trinajstić information content (AvgIpc) is 3.22. The van der Waals surface area contributed by atoms with Crippen LogP contribution in [-0.2, 0) is 49.1 Å². The maximum Gasteiger partial charge on any atom is 0.295 e. The van der Waals surface area contributed by atoms with Crippen molar-refractivity contribution < 1.29 is 73.3 Å². The topological polar surface area (TPSA) is 322 Å². The monoisotopic (exact) mass is 943 g/mol. The van der Waals surface area contributed by atoms with E-state index in [2.05, 4.69) is 44.5 Å². The van der Waals surface area contributed by atoms with Gasteiger partial charge in [-0.3, -0.25) is 13.7 Å². The molecular formula is C36H25N5O16S5. The highest BCUT2D eigenvalue weighted by Crippen LogP contribution is 2.46. The zero-order valence-corrected chi connectivity index (χ0v) is 34.6.